The zero-order valence-corrected chi connectivity index (χ0v) is 9.01. The van der Waals surface area contributed by atoms with E-state index < -0.39 is 16.9 Å². The Labute approximate surface area is 91.5 Å². The molecule has 8 nitrogen and oxygen atoms in total. The van der Waals surface area contributed by atoms with Crippen LogP contribution < -0.4 is 11.3 Å². The molecule has 0 aliphatic heterocycles. The van der Waals surface area contributed by atoms with E-state index in [4.69, 9.17) is 5.84 Å². The Hall–Kier alpha value is -1.96. The predicted octanol–water partition coefficient (Wildman–Crippen LogP) is 0.0407. The molecule has 1 aromatic heterocycles. The van der Waals surface area contributed by atoms with Crippen molar-refractivity contribution in [2.45, 2.75) is 26.3 Å². The van der Waals surface area contributed by atoms with E-state index in [9.17, 15) is 14.9 Å². The van der Waals surface area contributed by atoms with Crippen LogP contribution in [-0.2, 0) is 4.79 Å². The molecule has 0 unspecified atom stereocenters. The van der Waals surface area contributed by atoms with Crippen LogP contribution in [0.25, 0.3) is 0 Å². The van der Waals surface area contributed by atoms with Gasteiger partial charge < -0.3 is 10.1 Å². The second-order valence-corrected chi connectivity index (χ2v) is 3.28. The van der Waals surface area contributed by atoms with Crippen LogP contribution in [0.2, 0.25) is 0 Å². The molecule has 0 spiro atoms. The summed E-state index contributed by atoms with van der Waals surface area (Å²) in [5, 5.41) is 14.3. The molecular formula is C8H13N5O3. The molecule has 0 bridgehead atoms. The van der Waals surface area contributed by atoms with Crippen LogP contribution in [0.3, 0.4) is 0 Å². The largest absolute Gasteiger partial charge is 0.390 e. The van der Waals surface area contributed by atoms with Crippen molar-refractivity contribution in [2.24, 2.45) is 5.84 Å². The zero-order valence-electron chi connectivity index (χ0n) is 9.01. The molecule has 0 radical (unpaired) electrons. The molecule has 8 heteroatoms. The summed E-state index contributed by atoms with van der Waals surface area (Å²) in [6, 6.07) is 0.686. The van der Waals surface area contributed by atoms with E-state index in [1.165, 1.54) is 10.7 Å². The first-order valence-corrected chi connectivity index (χ1v) is 4.72. The standard InChI is InChI=1S/C8H13N5O3/c1-3-6(8(14)10-9)12-5(2)4-7(11-12)13(15)16/h4,6H,3,9H2,1-2H3,(H,10,14)/t6-/m0/s1. The Balaban J connectivity index is 3.10. The van der Waals surface area contributed by atoms with Crippen LogP contribution >= 0.6 is 0 Å². The fourth-order valence-electron chi connectivity index (χ4n) is 1.44. The molecule has 0 saturated carbocycles. The van der Waals surface area contributed by atoms with Crippen molar-refractivity contribution < 1.29 is 9.72 Å². The highest BCUT2D eigenvalue weighted by Crippen LogP contribution is 2.18. The number of nitrogens with zero attached hydrogens (tertiary/aromatic N) is 3. The third kappa shape index (κ3) is 2.16. The molecule has 0 fully saturated rings. The number of aromatic nitrogens is 2. The van der Waals surface area contributed by atoms with Crippen LogP contribution in [0.1, 0.15) is 25.1 Å². The lowest BCUT2D eigenvalue weighted by Crippen LogP contribution is -2.37. The van der Waals surface area contributed by atoms with E-state index in [1.54, 1.807) is 13.8 Å². The number of amides is 1. The summed E-state index contributed by atoms with van der Waals surface area (Å²) in [6.45, 7) is 3.42. The summed E-state index contributed by atoms with van der Waals surface area (Å²) in [7, 11) is 0. The molecule has 1 heterocycles. The van der Waals surface area contributed by atoms with Gasteiger partial charge in [-0.2, -0.15) is 4.68 Å². The maximum absolute atomic E-state index is 11.4. The Morgan fingerprint density at radius 1 is 1.81 bits per heavy atom. The lowest BCUT2D eigenvalue weighted by molar-refractivity contribution is -0.389. The summed E-state index contributed by atoms with van der Waals surface area (Å²) < 4.78 is 1.31. The van der Waals surface area contributed by atoms with Crippen LogP contribution in [0, 0.1) is 17.0 Å². The molecule has 3 N–H and O–H groups in total. The van der Waals surface area contributed by atoms with Crippen molar-refractivity contribution in [3.63, 3.8) is 0 Å². The minimum Gasteiger partial charge on any atom is -0.358 e. The van der Waals surface area contributed by atoms with Gasteiger partial charge in [-0.1, -0.05) is 6.92 Å². The van der Waals surface area contributed by atoms with Crippen LogP contribution in [0.15, 0.2) is 6.07 Å². The van der Waals surface area contributed by atoms with Gasteiger partial charge in [0, 0.05) is 0 Å². The van der Waals surface area contributed by atoms with E-state index in [2.05, 4.69) is 5.10 Å². The third-order valence-corrected chi connectivity index (χ3v) is 2.22. The Bertz CT molecular complexity index is 414. The minimum absolute atomic E-state index is 0.277. The van der Waals surface area contributed by atoms with E-state index in [0.29, 0.717) is 12.1 Å². The summed E-state index contributed by atoms with van der Waals surface area (Å²) in [6.07, 6.45) is 0.447. The van der Waals surface area contributed by atoms with E-state index in [-0.39, 0.29) is 5.82 Å². The second-order valence-electron chi connectivity index (χ2n) is 3.28. The Kier molecular flexibility index (Phi) is 3.56. The van der Waals surface area contributed by atoms with Gasteiger partial charge in [-0.05, 0) is 18.3 Å². The average Bonchev–Trinajstić information content (AvgIpc) is 2.62. The van der Waals surface area contributed by atoms with Crippen molar-refractivity contribution in [3.8, 4) is 0 Å². The fraction of sp³-hybridized carbons (Fsp3) is 0.500. The van der Waals surface area contributed by atoms with Crippen molar-refractivity contribution in [1.29, 1.82) is 0 Å². The molecule has 0 aliphatic carbocycles. The molecule has 0 aliphatic rings. The van der Waals surface area contributed by atoms with Gasteiger partial charge in [0.25, 0.3) is 5.91 Å². The van der Waals surface area contributed by atoms with Crippen LogP contribution in [0.5, 0.6) is 0 Å². The molecule has 1 rings (SSSR count). The summed E-state index contributed by atoms with van der Waals surface area (Å²) in [4.78, 5) is 21.3. The topological polar surface area (TPSA) is 116 Å². The predicted molar refractivity (Wildman–Crippen MR) is 55.3 cm³/mol. The fourth-order valence-corrected chi connectivity index (χ4v) is 1.44. The number of nitro groups is 1. The maximum atomic E-state index is 11.4. The number of hydrogen-bond donors (Lipinski definition) is 2. The van der Waals surface area contributed by atoms with E-state index in [0.717, 1.165) is 0 Å². The normalized spacial score (nSPS) is 12.2. The summed E-state index contributed by atoms with van der Waals surface area (Å²) >= 11 is 0. The van der Waals surface area contributed by atoms with Crippen LogP contribution in [0.4, 0.5) is 5.82 Å². The number of carbonyl (C=O) groups excluding carboxylic acids is 1. The Morgan fingerprint density at radius 2 is 2.44 bits per heavy atom. The molecule has 1 aromatic rings. The summed E-state index contributed by atoms with van der Waals surface area (Å²) in [5.74, 6) is 4.32. The van der Waals surface area contributed by atoms with Gasteiger partial charge in [0.15, 0.2) is 6.04 Å². The highest BCUT2D eigenvalue weighted by molar-refractivity contribution is 5.79. The molecule has 1 amide bonds. The minimum atomic E-state index is -0.626. The van der Waals surface area contributed by atoms with Crippen LogP contribution in [-0.4, -0.2) is 20.6 Å². The maximum Gasteiger partial charge on any atom is 0.390 e. The number of carbonyl (C=O) groups is 1. The third-order valence-electron chi connectivity index (χ3n) is 2.22. The monoisotopic (exact) mass is 227 g/mol. The molecule has 0 aromatic carbocycles. The van der Waals surface area contributed by atoms with Crippen molar-refractivity contribution in [1.82, 2.24) is 15.2 Å². The second kappa shape index (κ2) is 4.71. The highest BCUT2D eigenvalue weighted by Gasteiger charge is 2.26. The van der Waals surface area contributed by atoms with Crippen molar-refractivity contribution in [3.05, 3.63) is 21.9 Å². The number of hydrazine groups is 1. The number of aryl methyl sites for hydroxylation is 1. The van der Waals surface area contributed by atoms with Crippen molar-refractivity contribution >= 4 is 11.7 Å². The van der Waals surface area contributed by atoms with Gasteiger partial charge >= 0.3 is 5.82 Å². The first-order valence-electron chi connectivity index (χ1n) is 4.72. The SMILES string of the molecule is CC[C@@H](C(=O)NN)n1nc([N+](=O)[O-])cc1C. The highest BCUT2D eigenvalue weighted by atomic mass is 16.6. The number of hydrogen-bond acceptors (Lipinski definition) is 5. The first-order chi connectivity index (χ1) is 7.51. The molecule has 1 atom stereocenters. The smallest absolute Gasteiger partial charge is 0.358 e. The van der Waals surface area contributed by atoms with Gasteiger partial charge in [0.2, 0.25) is 0 Å². The first kappa shape index (κ1) is 12.1. The molecule has 88 valence electrons. The van der Waals surface area contributed by atoms with Gasteiger partial charge in [-0.25, -0.2) is 5.84 Å². The lowest BCUT2D eigenvalue weighted by atomic mass is 10.2. The summed E-state index contributed by atoms with van der Waals surface area (Å²) in [5.41, 5.74) is 2.55. The molecule has 16 heavy (non-hydrogen) atoms. The lowest BCUT2D eigenvalue weighted by Gasteiger charge is -2.11. The quantitative estimate of drug-likeness (QED) is 0.326. The zero-order chi connectivity index (χ0) is 12.3. The van der Waals surface area contributed by atoms with E-state index in [1.807, 2.05) is 5.43 Å². The number of rotatable bonds is 4. The van der Waals surface area contributed by atoms with Gasteiger partial charge in [0.05, 0.1) is 16.9 Å². The van der Waals surface area contributed by atoms with Gasteiger partial charge in [-0.15, -0.1) is 0 Å². The molecular weight excluding hydrogens is 214 g/mol. The Morgan fingerprint density at radius 3 is 2.81 bits per heavy atom. The van der Waals surface area contributed by atoms with E-state index >= 15 is 0 Å². The number of nitrogens with two attached hydrogens (primary N) is 1. The number of nitrogens with one attached hydrogen (secondary N) is 1. The van der Waals surface area contributed by atoms with Crippen molar-refractivity contribution in [2.75, 3.05) is 0 Å². The molecule has 0 saturated heterocycles. The van der Waals surface area contributed by atoms with Gasteiger partial charge in [-0.3, -0.25) is 10.2 Å². The van der Waals surface area contributed by atoms with Gasteiger partial charge in [0.1, 0.15) is 0 Å². The average molecular weight is 227 g/mol.